The first-order valence-electron chi connectivity index (χ1n) is 6.60. The van der Waals surface area contributed by atoms with Gasteiger partial charge in [0.05, 0.1) is 13.2 Å². The summed E-state index contributed by atoms with van der Waals surface area (Å²) in [7, 11) is 0. The molecule has 0 N–H and O–H groups in total. The maximum Gasteiger partial charge on any atom is 0.158 e. The van der Waals surface area contributed by atoms with Crippen molar-refractivity contribution >= 4 is 0 Å². The summed E-state index contributed by atoms with van der Waals surface area (Å²) in [5.41, 5.74) is 0. The molecule has 15 heavy (non-hydrogen) atoms. The normalized spacial score (nSPS) is 17.8. The first-order valence-corrected chi connectivity index (χ1v) is 6.60. The molecule has 0 radical (unpaired) electrons. The number of unbranched alkanes of at least 4 members (excludes halogenated alkanes) is 2. The minimum atomic E-state index is 0.101. The molecule has 0 saturated carbocycles. The second-order valence-electron chi connectivity index (χ2n) is 4.56. The van der Waals surface area contributed by atoms with E-state index in [4.69, 9.17) is 9.47 Å². The van der Waals surface area contributed by atoms with Gasteiger partial charge in [-0.25, -0.2) is 0 Å². The average molecular weight is 214 g/mol. The number of rotatable bonds is 8. The van der Waals surface area contributed by atoms with Crippen LogP contribution < -0.4 is 0 Å². The van der Waals surface area contributed by atoms with E-state index in [2.05, 4.69) is 13.8 Å². The minimum Gasteiger partial charge on any atom is -0.350 e. The van der Waals surface area contributed by atoms with Gasteiger partial charge in [0, 0.05) is 6.42 Å². The van der Waals surface area contributed by atoms with Gasteiger partial charge in [0.15, 0.2) is 6.29 Å². The fourth-order valence-corrected chi connectivity index (χ4v) is 2.18. The predicted octanol–water partition coefficient (Wildman–Crippen LogP) is 3.75. The summed E-state index contributed by atoms with van der Waals surface area (Å²) in [6.45, 7) is 6.11. The van der Waals surface area contributed by atoms with Crippen LogP contribution in [0.2, 0.25) is 0 Å². The third-order valence-corrected chi connectivity index (χ3v) is 3.15. The predicted molar refractivity (Wildman–Crippen MR) is 62.8 cm³/mol. The van der Waals surface area contributed by atoms with Crippen molar-refractivity contribution in [2.24, 2.45) is 5.92 Å². The maximum absolute atomic E-state index is 5.52. The summed E-state index contributed by atoms with van der Waals surface area (Å²) >= 11 is 0. The molecule has 2 nitrogen and oxygen atoms in total. The molecule has 0 aromatic carbocycles. The molecule has 0 atom stereocenters. The van der Waals surface area contributed by atoms with Crippen LogP contribution in [0.3, 0.4) is 0 Å². The smallest absolute Gasteiger partial charge is 0.158 e. The van der Waals surface area contributed by atoms with E-state index in [1.807, 2.05) is 0 Å². The second-order valence-corrected chi connectivity index (χ2v) is 4.56. The first-order chi connectivity index (χ1) is 7.36. The monoisotopic (exact) mass is 214 g/mol. The Morgan fingerprint density at radius 3 is 2.00 bits per heavy atom. The largest absolute Gasteiger partial charge is 0.350 e. The molecule has 90 valence electrons. The van der Waals surface area contributed by atoms with Crippen molar-refractivity contribution in [3.8, 4) is 0 Å². The number of ether oxygens (including phenoxy) is 2. The lowest BCUT2D eigenvalue weighted by atomic mass is 9.93. The lowest BCUT2D eigenvalue weighted by Gasteiger charge is -2.19. The van der Waals surface area contributed by atoms with E-state index in [1.54, 1.807) is 0 Å². The molecule has 0 spiro atoms. The molecule has 0 bridgehead atoms. The highest BCUT2D eigenvalue weighted by Crippen LogP contribution is 2.24. The SMILES string of the molecule is CCCCC(CCCC)CC1OCCO1. The third kappa shape index (κ3) is 5.53. The molecule has 1 aliphatic rings. The van der Waals surface area contributed by atoms with Crippen LogP contribution in [-0.2, 0) is 9.47 Å². The molecule has 1 saturated heterocycles. The Labute approximate surface area is 94.3 Å². The molecular formula is C13H26O2. The van der Waals surface area contributed by atoms with Gasteiger partial charge >= 0.3 is 0 Å². The maximum atomic E-state index is 5.52. The van der Waals surface area contributed by atoms with Crippen molar-refractivity contribution in [3.63, 3.8) is 0 Å². The van der Waals surface area contributed by atoms with Gasteiger partial charge in [-0.1, -0.05) is 52.4 Å². The molecule has 0 unspecified atom stereocenters. The van der Waals surface area contributed by atoms with Crippen LogP contribution in [-0.4, -0.2) is 19.5 Å². The number of hydrogen-bond donors (Lipinski definition) is 0. The summed E-state index contributed by atoms with van der Waals surface area (Å²) in [6, 6.07) is 0. The molecule has 0 aromatic heterocycles. The van der Waals surface area contributed by atoms with E-state index in [1.165, 1.54) is 38.5 Å². The Balaban J connectivity index is 2.19. The van der Waals surface area contributed by atoms with Gasteiger partial charge in [0.2, 0.25) is 0 Å². The van der Waals surface area contributed by atoms with Crippen molar-refractivity contribution in [1.29, 1.82) is 0 Å². The third-order valence-electron chi connectivity index (χ3n) is 3.15. The van der Waals surface area contributed by atoms with Gasteiger partial charge < -0.3 is 9.47 Å². The van der Waals surface area contributed by atoms with E-state index in [-0.39, 0.29) is 6.29 Å². The zero-order chi connectivity index (χ0) is 10.9. The van der Waals surface area contributed by atoms with Crippen LogP contribution in [0.15, 0.2) is 0 Å². The van der Waals surface area contributed by atoms with Gasteiger partial charge in [0.25, 0.3) is 0 Å². The highest BCUT2D eigenvalue weighted by atomic mass is 16.7. The van der Waals surface area contributed by atoms with Crippen molar-refractivity contribution < 1.29 is 9.47 Å². The van der Waals surface area contributed by atoms with Crippen molar-refractivity contribution in [1.82, 2.24) is 0 Å². The van der Waals surface area contributed by atoms with Gasteiger partial charge in [0.1, 0.15) is 0 Å². The van der Waals surface area contributed by atoms with Gasteiger partial charge in [-0.2, -0.15) is 0 Å². The van der Waals surface area contributed by atoms with Crippen molar-refractivity contribution in [2.45, 2.75) is 65.1 Å². The highest BCUT2D eigenvalue weighted by molar-refractivity contribution is 4.64. The fourth-order valence-electron chi connectivity index (χ4n) is 2.18. The fraction of sp³-hybridized carbons (Fsp3) is 1.00. The van der Waals surface area contributed by atoms with Crippen molar-refractivity contribution in [2.75, 3.05) is 13.2 Å². The second kappa shape index (κ2) is 8.12. The Morgan fingerprint density at radius 2 is 1.53 bits per heavy atom. The van der Waals surface area contributed by atoms with E-state index >= 15 is 0 Å². The quantitative estimate of drug-likeness (QED) is 0.612. The number of hydrogen-bond acceptors (Lipinski definition) is 2. The molecule has 2 heteroatoms. The Kier molecular flexibility index (Phi) is 7.03. The van der Waals surface area contributed by atoms with E-state index in [9.17, 15) is 0 Å². The summed E-state index contributed by atoms with van der Waals surface area (Å²) in [5.74, 6) is 0.813. The Bertz CT molecular complexity index is 133. The summed E-state index contributed by atoms with van der Waals surface area (Å²) in [4.78, 5) is 0. The average Bonchev–Trinajstić information content (AvgIpc) is 2.74. The van der Waals surface area contributed by atoms with E-state index < -0.39 is 0 Å². The standard InChI is InChI=1S/C13H26O2/c1-3-5-7-12(8-6-4-2)11-13-14-9-10-15-13/h12-13H,3-11H2,1-2H3. The van der Waals surface area contributed by atoms with Crippen LogP contribution in [0, 0.1) is 5.92 Å². The minimum absolute atomic E-state index is 0.101. The Morgan fingerprint density at radius 1 is 1.00 bits per heavy atom. The molecule has 1 rings (SSSR count). The first kappa shape index (κ1) is 13.0. The van der Waals surface area contributed by atoms with Gasteiger partial charge in [-0.15, -0.1) is 0 Å². The zero-order valence-electron chi connectivity index (χ0n) is 10.3. The molecule has 1 heterocycles. The summed E-state index contributed by atoms with van der Waals surface area (Å²) < 4.78 is 11.0. The molecule has 1 aliphatic heterocycles. The van der Waals surface area contributed by atoms with Crippen LogP contribution in [0.5, 0.6) is 0 Å². The molecular weight excluding hydrogens is 188 g/mol. The van der Waals surface area contributed by atoms with Gasteiger partial charge in [-0.3, -0.25) is 0 Å². The van der Waals surface area contributed by atoms with Crippen LogP contribution >= 0.6 is 0 Å². The van der Waals surface area contributed by atoms with Crippen molar-refractivity contribution in [3.05, 3.63) is 0 Å². The van der Waals surface area contributed by atoms with E-state index in [0.29, 0.717) is 0 Å². The lowest BCUT2D eigenvalue weighted by Crippen LogP contribution is -2.14. The summed E-state index contributed by atoms with van der Waals surface area (Å²) in [5, 5.41) is 0. The van der Waals surface area contributed by atoms with Crippen LogP contribution in [0.1, 0.15) is 58.8 Å². The Hall–Kier alpha value is -0.0800. The molecule has 0 amide bonds. The van der Waals surface area contributed by atoms with E-state index in [0.717, 1.165) is 25.6 Å². The molecule has 0 aliphatic carbocycles. The molecule has 1 fully saturated rings. The van der Waals surface area contributed by atoms with Crippen LogP contribution in [0.25, 0.3) is 0 Å². The highest BCUT2D eigenvalue weighted by Gasteiger charge is 2.20. The summed E-state index contributed by atoms with van der Waals surface area (Å²) in [6.07, 6.45) is 9.20. The topological polar surface area (TPSA) is 18.5 Å². The van der Waals surface area contributed by atoms with Gasteiger partial charge in [-0.05, 0) is 5.92 Å². The zero-order valence-corrected chi connectivity index (χ0v) is 10.3. The lowest BCUT2D eigenvalue weighted by molar-refractivity contribution is -0.0585. The van der Waals surface area contributed by atoms with Crippen LogP contribution in [0.4, 0.5) is 0 Å². The molecule has 0 aromatic rings.